The third-order valence-corrected chi connectivity index (χ3v) is 8.95. The molecule has 2 heterocycles. The number of aliphatic hydroxyl groups is 1. The lowest BCUT2D eigenvalue weighted by Crippen LogP contribution is -2.45. The highest BCUT2D eigenvalue weighted by Gasteiger charge is 2.50. The Morgan fingerprint density at radius 3 is 2.71 bits per heavy atom. The first kappa shape index (κ1) is 26.0. The van der Waals surface area contributed by atoms with Crippen molar-refractivity contribution in [2.45, 2.75) is 44.9 Å². The van der Waals surface area contributed by atoms with Crippen LogP contribution in [-0.2, 0) is 28.1 Å². The van der Waals surface area contributed by atoms with E-state index in [1.54, 1.807) is 36.5 Å². The van der Waals surface area contributed by atoms with Gasteiger partial charge in [-0.3, -0.25) is 4.98 Å². The number of rotatable bonds is 5. The zero-order valence-corrected chi connectivity index (χ0v) is 22.4. The van der Waals surface area contributed by atoms with Crippen molar-refractivity contribution < 1.29 is 17.9 Å². The normalized spacial score (nSPS) is 22.9. The van der Waals surface area contributed by atoms with E-state index in [0.717, 1.165) is 17.7 Å². The summed E-state index contributed by atoms with van der Waals surface area (Å²) < 4.78 is 38.5. The Morgan fingerprint density at radius 1 is 1.24 bits per heavy atom. The molecule has 1 aromatic carbocycles. The van der Waals surface area contributed by atoms with Gasteiger partial charge in [0.05, 0.1) is 29.5 Å². The van der Waals surface area contributed by atoms with Gasteiger partial charge in [-0.15, -0.1) is 0 Å². The fourth-order valence-corrected chi connectivity index (χ4v) is 6.62. The number of halogens is 1. The molecule has 1 N–H and O–H groups in total. The number of benzene rings is 1. The van der Waals surface area contributed by atoms with Crippen LogP contribution in [0.2, 0.25) is 0 Å². The van der Waals surface area contributed by atoms with Crippen LogP contribution >= 0.6 is 0 Å². The number of fused-ring (bicyclic) bond motifs is 3. The van der Waals surface area contributed by atoms with Gasteiger partial charge in [0.25, 0.3) is 0 Å². The van der Waals surface area contributed by atoms with E-state index in [2.05, 4.69) is 16.8 Å². The van der Waals surface area contributed by atoms with E-state index in [-0.39, 0.29) is 35.6 Å². The monoisotopic (exact) mass is 532 g/mol. The number of aromatic nitrogens is 3. The number of pyridine rings is 1. The van der Waals surface area contributed by atoms with E-state index in [1.807, 2.05) is 6.92 Å². The molecule has 0 unspecified atom stereocenters. The van der Waals surface area contributed by atoms with Crippen LogP contribution in [0.15, 0.2) is 54.1 Å². The number of sulfone groups is 1. The summed E-state index contributed by atoms with van der Waals surface area (Å²) in [4.78, 5) is 17.9. The number of aliphatic hydroxyl groups excluding tert-OH is 1. The molecule has 2 aliphatic rings. The summed E-state index contributed by atoms with van der Waals surface area (Å²) in [5, 5.41) is 10.7. The minimum atomic E-state index is -3.16. The van der Waals surface area contributed by atoms with Crippen molar-refractivity contribution >= 4 is 9.84 Å². The number of allylic oxidation sites excluding steroid dienone is 2. The lowest BCUT2D eigenvalue weighted by atomic mass is 9.57. The first-order chi connectivity index (χ1) is 18.0. The van der Waals surface area contributed by atoms with Gasteiger partial charge in [-0.25, -0.2) is 27.6 Å². The van der Waals surface area contributed by atoms with Gasteiger partial charge in [-0.2, -0.15) is 0 Å². The van der Waals surface area contributed by atoms with E-state index in [1.165, 1.54) is 12.3 Å². The Labute approximate surface area is 222 Å². The van der Waals surface area contributed by atoms with Gasteiger partial charge in [0.1, 0.15) is 15.7 Å². The lowest BCUT2D eigenvalue weighted by Gasteiger charge is -2.48. The zero-order chi connectivity index (χ0) is 27.2. The van der Waals surface area contributed by atoms with Crippen molar-refractivity contribution in [3.05, 3.63) is 88.2 Å². The van der Waals surface area contributed by atoms with Gasteiger partial charge in [0, 0.05) is 52.6 Å². The van der Waals surface area contributed by atoms with Crippen LogP contribution in [0.4, 0.5) is 4.39 Å². The summed E-state index contributed by atoms with van der Waals surface area (Å²) in [6.45, 7) is 11.7. The number of hydrogen-bond acceptors (Lipinski definition) is 6. The lowest BCUT2D eigenvalue weighted by molar-refractivity contribution is 0.135. The SMILES string of the molecule is [C-]#[N+]C1=C(O)[C@H](C)[C@H]2CCc3c(-c4ccccc4F)nc(-c4ccnc(CCS(C)(=O)=O)c4)nc3[C@]2(C)C1. The third kappa shape index (κ3) is 4.58. The van der Waals surface area contributed by atoms with Crippen LogP contribution in [0.5, 0.6) is 0 Å². The van der Waals surface area contributed by atoms with E-state index in [9.17, 15) is 13.5 Å². The Morgan fingerprint density at radius 2 is 2.00 bits per heavy atom. The summed E-state index contributed by atoms with van der Waals surface area (Å²) >= 11 is 0. The second-order valence-electron chi connectivity index (χ2n) is 10.6. The smallest absolute Gasteiger partial charge is 0.203 e. The Kier molecular flexibility index (Phi) is 6.56. The zero-order valence-electron chi connectivity index (χ0n) is 21.6. The van der Waals surface area contributed by atoms with E-state index in [0.29, 0.717) is 46.9 Å². The molecular formula is C29H29FN4O3S. The molecule has 0 amide bonds. The van der Waals surface area contributed by atoms with Crippen molar-refractivity contribution in [1.82, 2.24) is 15.0 Å². The van der Waals surface area contributed by atoms with Crippen LogP contribution in [0.3, 0.4) is 0 Å². The maximum atomic E-state index is 15.1. The maximum Gasteiger partial charge on any atom is 0.203 e. The Balaban J connectivity index is 1.72. The highest BCUT2D eigenvalue weighted by molar-refractivity contribution is 7.90. The van der Waals surface area contributed by atoms with Crippen LogP contribution < -0.4 is 0 Å². The number of hydrogen-bond donors (Lipinski definition) is 1. The van der Waals surface area contributed by atoms with Gasteiger partial charge in [-0.1, -0.05) is 26.0 Å². The highest BCUT2D eigenvalue weighted by Crippen LogP contribution is 2.54. The summed E-state index contributed by atoms with van der Waals surface area (Å²) in [6, 6.07) is 10.1. The minimum absolute atomic E-state index is 0.0259. The van der Waals surface area contributed by atoms with E-state index in [4.69, 9.17) is 16.5 Å². The largest absolute Gasteiger partial charge is 0.523 e. The standard InChI is InChI=1S/C29H29FN4O3S/c1-17-22-10-9-21-25(20-7-5-6-8-23(20)30)33-28(18-11-13-32-19(15-18)12-14-38(4,36)37)34-27(21)29(22,2)16-24(31-3)26(17)35/h5-8,11,13,15,17,22,35H,9-10,12,14,16H2,1-2,4H3/t17-,22-,29-/m1/s1. The second-order valence-corrected chi connectivity index (χ2v) is 12.9. The van der Waals surface area contributed by atoms with Crippen molar-refractivity contribution in [3.63, 3.8) is 0 Å². The summed E-state index contributed by atoms with van der Waals surface area (Å²) in [6.07, 6.45) is 4.77. The molecule has 2 aliphatic carbocycles. The molecule has 0 saturated heterocycles. The van der Waals surface area contributed by atoms with E-state index < -0.39 is 15.3 Å². The molecule has 0 fully saturated rings. The van der Waals surface area contributed by atoms with Gasteiger partial charge in [-0.05, 0) is 49.4 Å². The van der Waals surface area contributed by atoms with Gasteiger partial charge >= 0.3 is 0 Å². The van der Waals surface area contributed by atoms with Crippen LogP contribution in [-0.4, -0.2) is 40.5 Å². The second kappa shape index (κ2) is 9.59. The van der Waals surface area contributed by atoms with Crippen LogP contribution in [0.25, 0.3) is 27.5 Å². The molecule has 9 heteroatoms. The topological polar surface area (TPSA) is 97.4 Å². The molecule has 7 nitrogen and oxygen atoms in total. The molecule has 0 radical (unpaired) electrons. The molecule has 0 bridgehead atoms. The summed E-state index contributed by atoms with van der Waals surface area (Å²) in [5.41, 5.74) is 3.57. The molecule has 0 saturated carbocycles. The Bertz CT molecular complexity index is 1610. The summed E-state index contributed by atoms with van der Waals surface area (Å²) in [5.74, 6) is -0.0141. The van der Waals surface area contributed by atoms with E-state index >= 15 is 4.39 Å². The molecule has 5 rings (SSSR count). The molecule has 0 spiro atoms. The molecular weight excluding hydrogens is 503 g/mol. The van der Waals surface area contributed by atoms with Gasteiger partial charge in [0.15, 0.2) is 5.82 Å². The first-order valence-electron chi connectivity index (χ1n) is 12.6. The highest BCUT2D eigenvalue weighted by atomic mass is 32.2. The molecule has 38 heavy (non-hydrogen) atoms. The first-order valence-corrected chi connectivity index (χ1v) is 14.7. The van der Waals surface area contributed by atoms with Crippen molar-refractivity contribution in [3.8, 4) is 22.6 Å². The van der Waals surface area contributed by atoms with Crippen molar-refractivity contribution in [1.29, 1.82) is 0 Å². The molecule has 0 aliphatic heterocycles. The maximum absolute atomic E-state index is 15.1. The number of aryl methyl sites for hydroxylation is 1. The quantitative estimate of drug-likeness (QED) is 0.437. The minimum Gasteiger partial charge on any atom is -0.523 e. The van der Waals surface area contributed by atoms with Crippen molar-refractivity contribution in [2.75, 3.05) is 12.0 Å². The third-order valence-electron chi connectivity index (χ3n) is 8.00. The fraction of sp³-hybridized carbons (Fsp3) is 0.379. The average molecular weight is 533 g/mol. The van der Waals surface area contributed by atoms with Crippen molar-refractivity contribution in [2.24, 2.45) is 11.8 Å². The van der Waals surface area contributed by atoms with Gasteiger partial charge < -0.3 is 5.11 Å². The number of nitrogens with zero attached hydrogens (tertiary/aromatic N) is 4. The molecule has 196 valence electrons. The summed E-state index contributed by atoms with van der Waals surface area (Å²) in [7, 11) is -3.16. The predicted molar refractivity (Wildman–Crippen MR) is 143 cm³/mol. The molecule has 2 aromatic heterocycles. The molecule has 3 atom stereocenters. The average Bonchev–Trinajstić information content (AvgIpc) is 2.89. The predicted octanol–water partition coefficient (Wildman–Crippen LogP) is 5.48. The van der Waals surface area contributed by atoms with Crippen LogP contribution in [0, 0.1) is 24.2 Å². The fourth-order valence-electron chi connectivity index (χ4n) is 6.04. The van der Waals surface area contributed by atoms with Gasteiger partial charge in [0.2, 0.25) is 5.70 Å². The van der Waals surface area contributed by atoms with Crippen LogP contribution in [0.1, 0.15) is 43.6 Å². The molecule has 3 aromatic rings. The Hall–Kier alpha value is -3.64.